The number of benzene rings is 3. The van der Waals surface area contributed by atoms with Crippen LogP contribution in [-0.2, 0) is 32.6 Å². The summed E-state index contributed by atoms with van der Waals surface area (Å²) in [5.41, 5.74) is 3.59. The molecule has 40 heavy (non-hydrogen) atoms. The van der Waals surface area contributed by atoms with E-state index in [1.807, 2.05) is 75.4 Å². The highest BCUT2D eigenvalue weighted by Crippen LogP contribution is 2.29. The molecule has 2 amide bonds. The molecule has 0 saturated heterocycles. The summed E-state index contributed by atoms with van der Waals surface area (Å²) in [6.45, 7) is 7.77. The van der Waals surface area contributed by atoms with Crippen molar-refractivity contribution in [3.63, 3.8) is 0 Å². The van der Waals surface area contributed by atoms with Crippen molar-refractivity contribution >= 4 is 39.1 Å². The molecule has 3 aromatic carbocycles. The van der Waals surface area contributed by atoms with E-state index in [2.05, 4.69) is 5.32 Å². The molecule has 1 atom stereocenters. The van der Waals surface area contributed by atoms with E-state index in [4.69, 9.17) is 11.6 Å². The zero-order chi connectivity index (χ0) is 29.4. The number of amides is 2. The van der Waals surface area contributed by atoms with Crippen LogP contribution in [0, 0.1) is 19.8 Å². The van der Waals surface area contributed by atoms with Gasteiger partial charge in [-0.3, -0.25) is 13.9 Å². The predicted molar refractivity (Wildman–Crippen MR) is 162 cm³/mol. The lowest BCUT2D eigenvalue weighted by Crippen LogP contribution is -2.53. The number of carbonyl (C=O) groups is 2. The van der Waals surface area contributed by atoms with E-state index >= 15 is 0 Å². The minimum absolute atomic E-state index is 0.143. The van der Waals surface area contributed by atoms with Gasteiger partial charge in [-0.15, -0.1) is 0 Å². The normalized spacial score (nSPS) is 12.2. The van der Waals surface area contributed by atoms with Crippen molar-refractivity contribution < 1.29 is 18.0 Å². The second kappa shape index (κ2) is 13.8. The molecule has 0 radical (unpaired) electrons. The van der Waals surface area contributed by atoms with Gasteiger partial charge in [0.2, 0.25) is 21.8 Å². The molecule has 3 aromatic rings. The maximum atomic E-state index is 14.2. The fourth-order valence-corrected chi connectivity index (χ4v) is 5.48. The largest absolute Gasteiger partial charge is 0.354 e. The van der Waals surface area contributed by atoms with Crippen molar-refractivity contribution in [3.8, 4) is 0 Å². The van der Waals surface area contributed by atoms with Crippen molar-refractivity contribution in [1.82, 2.24) is 10.2 Å². The van der Waals surface area contributed by atoms with Crippen LogP contribution in [0.2, 0.25) is 5.02 Å². The molecular formula is C31H38ClN3O4S. The van der Waals surface area contributed by atoms with Crippen molar-refractivity contribution in [3.05, 3.63) is 100 Å². The first-order valence-corrected chi connectivity index (χ1v) is 15.5. The number of rotatable bonds is 12. The molecule has 0 aliphatic heterocycles. The Balaban J connectivity index is 2.08. The summed E-state index contributed by atoms with van der Waals surface area (Å²) in [7, 11) is -3.87. The molecule has 0 aromatic heterocycles. The second-order valence-corrected chi connectivity index (χ2v) is 12.8. The highest BCUT2D eigenvalue weighted by atomic mass is 35.5. The Morgan fingerprint density at radius 2 is 1.57 bits per heavy atom. The Kier molecular flexibility index (Phi) is 10.8. The van der Waals surface area contributed by atoms with Crippen molar-refractivity contribution in [2.45, 2.75) is 46.7 Å². The Labute approximate surface area is 243 Å². The van der Waals surface area contributed by atoms with Gasteiger partial charge in [-0.2, -0.15) is 0 Å². The smallest absolute Gasteiger partial charge is 0.244 e. The van der Waals surface area contributed by atoms with Gasteiger partial charge in [-0.25, -0.2) is 8.42 Å². The van der Waals surface area contributed by atoms with Gasteiger partial charge in [-0.05, 0) is 54.2 Å². The van der Waals surface area contributed by atoms with E-state index in [-0.39, 0.29) is 24.8 Å². The Morgan fingerprint density at radius 3 is 2.20 bits per heavy atom. The number of nitrogens with one attached hydrogen (secondary N) is 1. The van der Waals surface area contributed by atoms with Crippen LogP contribution in [0.3, 0.4) is 0 Å². The maximum Gasteiger partial charge on any atom is 0.244 e. The fraction of sp³-hybridized carbons (Fsp3) is 0.355. The van der Waals surface area contributed by atoms with Crippen LogP contribution >= 0.6 is 11.6 Å². The fourth-order valence-electron chi connectivity index (χ4n) is 4.41. The van der Waals surface area contributed by atoms with Gasteiger partial charge in [-0.1, -0.05) is 86.1 Å². The molecule has 0 saturated carbocycles. The summed E-state index contributed by atoms with van der Waals surface area (Å²) in [6, 6.07) is 21.2. The number of aryl methyl sites for hydroxylation is 1. The number of nitrogens with zero attached hydrogens (tertiary/aromatic N) is 2. The van der Waals surface area contributed by atoms with Gasteiger partial charge >= 0.3 is 0 Å². The SMILES string of the molecule is Cc1ccccc1CN(C(=O)CN(c1cccc(Cl)c1C)S(C)(=O)=O)[C@@H](Cc1ccccc1)C(=O)NCC(C)C. The molecule has 214 valence electrons. The minimum Gasteiger partial charge on any atom is -0.354 e. The Bertz CT molecular complexity index is 1430. The van der Waals surface area contributed by atoms with Crippen LogP contribution in [-0.4, -0.2) is 50.5 Å². The number of halogens is 1. The maximum absolute atomic E-state index is 14.2. The summed E-state index contributed by atoms with van der Waals surface area (Å²) >= 11 is 6.30. The molecule has 0 aliphatic carbocycles. The molecule has 0 aliphatic rings. The van der Waals surface area contributed by atoms with Crippen molar-refractivity contribution in [1.29, 1.82) is 0 Å². The summed E-state index contributed by atoms with van der Waals surface area (Å²) < 4.78 is 27.0. The van der Waals surface area contributed by atoms with E-state index < -0.39 is 28.5 Å². The number of anilines is 1. The van der Waals surface area contributed by atoms with E-state index in [1.54, 1.807) is 25.1 Å². The number of carbonyl (C=O) groups excluding carboxylic acids is 2. The topological polar surface area (TPSA) is 86.8 Å². The molecule has 1 N–H and O–H groups in total. The number of sulfonamides is 1. The molecule has 0 fully saturated rings. The lowest BCUT2D eigenvalue weighted by atomic mass is 10.0. The quantitative estimate of drug-likeness (QED) is 0.320. The first-order valence-electron chi connectivity index (χ1n) is 13.3. The molecule has 0 bridgehead atoms. The van der Waals surface area contributed by atoms with Crippen LogP contribution in [0.1, 0.15) is 36.1 Å². The monoisotopic (exact) mass is 583 g/mol. The van der Waals surface area contributed by atoms with Gasteiger partial charge in [0.1, 0.15) is 12.6 Å². The molecule has 3 rings (SSSR count). The second-order valence-electron chi connectivity index (χ2n) is 10.4. The van der Waals surface area contributed by atoms with Crippen LogP contribution < -0.4 is 9.62 Å². The summed E-state index contributed by atoms with van der Waals surface area (Å²) in [6.07, 6.45) is 1.33. The lowest BCUT2D eigenvalue weighted by Gasteiger charge is -2.34. The average Bonchev–Trinajstić information content (AvgIpc) is 2.90. The summed E-state index contributed by atoms with van der Waals surface area (Å²) in [5, 5.41) is 3.38. The zero-order valence-electron chi connectivity index (χ0n) is 23.7. The van der Waals surface area contributed by atoms with Gasteiger partial charge in [0.05, 0.1) is 11.9 Å². The third-order valence-corrected chi connectivity index (χ3v) is 8.28. The highest BCUT2D eigenvalue weighted by molar-refractivity contribution is 7.92. The van der Waals surface area contributed by atoms with Crippen LogP contribution in [0.15, 0.2) is 72.8 Å². The van der Waals surface area contributed by atoms with Gasteiger partial charge < -0.3 is 10.2 Å². The Hall–Kier alpha value is -3.36. The third kappa shape index (κ3) is 8.32. The first kappa shape index (κ1) is 31.2. The van der Waals surface area contributed by atoms with Crippen molar-refractivity contribution in [2.75, 3.05) is 23.7 Å². The molecule has 0 heterocycles. The predicted octanol–water partition coefficient (Wildman–Crippen LogP) is 5.14. The molecule has 0 unspecified atom stereocenters. The number of hydrogen-bond acceptors (Lipinski definition) is 4. The Morgan fingerprint density at radius 1 is 0.925 bits per heavy atom. The van der Waals surface area contributed by atoms with Gasteiger partial charge in [0.15, 0.2) is 0 Å². The van der Waals surface area contributed by atoms with Crippen LogP contribution in [0.5, 0.6) is 0 Å². The zero-order valence-corrected chi connectivity index (χ0v) is 25.3. The molecule has 0 spiro atoms. The van der Waals surface area contributed by atoms with Gasteiger partial charge in [0.25, 0.3) is 0 Å². The number of hydrogen-bond donors (Lipinski definition) is 1. The lowest BCUT2D eigenvalue weighted by molar-refractivity contribution is -0.140. The first-order chi connectivity index (χ1) is 18.9. The standard InChI is InChI=1S/C31H38ClN3O4S/c1-22(2)19-33-31(37)29(18-25-13-7-6-8-14-25)34(20-26-15-10-9-12-23(26)3)30(36)21-35(40(5,38)39)28-17-11-16-27(32)24(28)4/h6-17,22,29H,18-21H2,1-5H3,(H,33,37)/t29-/m0/s1. The summed E-state index contributed by atoms with van der Waals surface area (Å²) in [5.74, 6) is -0.564. The molecule has 9 heteroatoms. The highest BCUT2D eigenvalue weighted by Gasteiger charge is 2.33. The van der Waals surface area contributed by atoms with E-state index in [1.165, 1.54) is 4.90 Å². The third-order valence-electron chi connectivity index (χ3n) is 6.74. The van der Waals surface area contributed by atoms with Gasteiger partial charge in [0, 0.05) is 24.5 Å². The average molecular weight is 584 g/mol. The van der Waals surface area contributed by atoms with Crippen LogP contribution in [0.25, 0.3) is 0 Å². The van der Waals surface area contributed by atoms with E-state index in [0.29, 0.717) is 22.8 Å². The van der Waals surface area contributed by atoms with E-state index in [0.717, 1.165) is 27.3 Å². The van der Waals surface area contributed by atoms with Crippen LogP contribution in [0.4, 0.5) is 5.69 Å². The summed E-state index contributed by atoms with van der Waals surface area (Å²) in [4.78, 5) is 29.3. The molecule has 7 nitrogen and oxygen atoms in total. The minimum atomic E-state index is -3.87. The van der Waals surface area contributed by atoms with E-state index in [9.17, 15) is 18.0 Å². The molecular weight excluding hydrogens is 546 g/mol. The van der Waals surface area contributed by atoms with Crippen molar-refractivity contribution in [2.24, 2.45) is 5.92 Å².